The number of amides is 1. The first-order valence-electron chi connectivity index (χ1n) is 5.70. The highest BCUT2D eigenvalue weighted by Crippen LogP contribution is 2.28. The minimum atomic E-state index is -0.910. The second kappa shape index (κ2) is 5.22. The minimum Gasteiger partial charge on any atom is -0.442 e. The standard InChI is InChI=1S/C12H15FN2O3/c13-9-1-2-11-8(5-9)3-4-15(11)6-10(7-16)18-12(14)17/h1-2,5,10,16H,3-4,6-7H2,(H2,14,17)/t10-/m1/s1. The number of hydrogen-bond acceptors (Lipinski definition) is 4. The average molecular weight is 254 g/mol. The van der Waals surface area contributed by atoms with Crippen LogP contribution in [0.15, 0.2) is 18.2 Å². The molecule has 1 heterocycles. The summed E-state index contributed by atoms with van der Waals surface area (Å²) >= 11 is 0. The number of nitrogens with zero attached hydrogens (tertiary/aromatic N) is 1. The second-order valence-corrected chi connectivity index (χ2v) is 4.21. The Morgan fingerprint density at radius 3 is 3.06 bits per heavy atom. The largest absolute Gasteiger partial charge is 0.442 e. The van der Waals surface area contributed by atoms with Crippen LogP contribution >= 0.6 is 0 Å². The first kappa shape index (κ1) is 12.6. The maximum atomic E-state index is 13.0. The van der Waals surface area contributed by atoms with Crippen molar-refractivity contribution in [2.24, 2.45) is 5.73 Å². The fourth-order valence-electron chi connectivity index (χ4n) is 2.17. The van der Waals surface area contributed by atoms with Gasteiger partial charge in [0.1, 0.15) is 11.9 Å². The summed E-state index contributed by atoms with van der Waals surface area (Å²) in [5, 5.41) is 9.11. The number of nitrogens with two attached hydrogens (primary N) is 1. The van der Waals surface area contributed by atoms with Gasteiger partial charge >= 0.3 is 6.09 Å². The van der Waals surface area contributed by atoms with Crippen molar-refractivity contribution in [2.45, 2.75) is 12.5 Å². The smallest absolute Gasteiger partial charge is 0.404 e. The van der Waals surface area contributed by atoms with Gasteiger partial charge in [-0.3, -0.25) is 0 Å². The summed E-state index contributed by atoms with van der Waals surface area (Å²) in [4.78, 5) is 12.6. The SMILES string of the molecule is NC(=O)O[C@@H](CO)CN1CCc2cc(F)ccc21. The maximum Gasteiger partial charge on any atom is 0.404 e. The third-order valence-electron chi connectivity index (χ3n) is 2.94. The van der Waals surface area contributed by atoms with Crippen molar-refractivity contribution in [1.29, 1.82) is 0 Å². The van der Waals surface area contributed by atoms with Gasteiger partial charge in [-0.25, -0.2) is 9.18 Å². The molecule has 0 saturated heterocycles. The van der Waals surface area contributed by atoms with Gasteiger partial charge in [0.2, 0.25) is 0 Å². The predicted octanol–water partition coefficient (Wildman–Crippen LogP) is 0.644. The molecule has 0 fully saturated rings. The van der Waals surface area contributed by atoms with Crippen molar-refractivity contribution >= 4 is 11.8 Å². The van der Waals surface area contributed by atoms with Crippen LogP contribution in [0.5, 0.6) is 0 Å². The van der Waals surface area contributed by atoms with Crippen LogP contribution in [0.4, 0.5) is 14.9 Å². The number of halogens is 1. The molecule has 1 aliphatic rings. The normalized spacial score (nSPS) is 15.3. The molecule has 2 rings (SSSR count). The Labute approximate surface area is 104 Å². The average Bonchev–Trinajstić information content (AvgIpc) is 2.70. The highest BCUT2D eigenvalue weighted by molar-refractivity contribution is 5.65. The molecule has 0 aliphatic carbocycles. The monoisotopic (exact) mass is 254 g/mol. The van der Waals surface area contributed by atoms with Crippen molar-refractivity contribution in [3.8, 4) is 0 Å². The number of aliphatic hydroxyl groups excluding tert-OH is 1. The zero-order valence-electron chi connectivity index (χ0n) is 9.80. The Kier molecular flexibility index (Phi) is 3.66. The van der Waals surface area contributed by atoms with Gasteiger partial charge in [0.05, 0.1) is 13.2 Å². The van der Waals surface area contributed by atoms with E-state index in [-0.39, 0.29) is 12.4 Å². The Bertz CT molecular complexity index is 453. The molecular weight excluding hydrogens is 239 g/mol. The van der Waals surface area contributed by atoms with Crippen molar-refractivity contribution < 1.29 is 19.0 Å². The van der Waals surface area contributed by atoms with E-state index >= 15 is 0 Å². The molecule has 5 nitrogen and oxygen atoms in total. The molecule has 1 aromatic carbocycles. The van der Waals surface area contributed by atoms with E-state index in [1.807, 2.05) is 4.90 Å². The van der Waals surface area contributed by atoms with Gasteiger partial charge < -0.3 is 20.5 Å². The first-order chi connectivity index (χ1) is 8.60. The molecule has 1 aliphatic heterocycles. The van der Waals surface area contributed by atoms with E-state index in [2.05, 4.69) is 0 Å². The Morgan fingerprint density at radius 2 is 2.39 bits per heavy atom. The second-order valence-electron chi connectivity index (χ2n) is 4.21. The molecule has 0 bridgehead atoms. The first-order valence-corrected chi connectivity index (χ1v) is 5.70. The van der Waals surface area contributed by atoms with E-state index in [9.17, 15) is 9.18 Å². The minimum absolute atomic E-state index is 0.261. The number of benzene rings is 1. The van der Waals surface area contributed by atoms with Crippen molar-refractivity contribution in [1.82, 2.24) is 0 Å². The summed E-state index contributed by atoms with van der Waals surface area (Å²) in [5.74, 6) is -0.261. The predicted molar refractivity (Wildman–Crippen MR) is 63.9 cm³/mol. The summed E-state index contributed by atoms with van der Waals surface area (Å²) in [5.41, 5.74) is 6.74. The van der Waals surface area contributed by atoms with Gasteiger partial charge in [0.25, 0.3) is 0 Å². The van der Waals surface area contributed by atoms with Gasteiger partial charge in [0.15, 0.2) is 0 Å². The number of primary amides is 1. The van der Waals surface area contributed by atoms with Crippen molar-refractivity contribution in [2.75, 3.05) is 24.6 Å². The Morgan fingerprint density at radius 1 is 1.61 bits per heavy atom. The lowest BCUT2D eigenvalue weighted by atomic mass is 10.1. The zero-order chi connectivity index (χ0) is 13.1. The molecular formula is C12H15FN2O3. The van der Waals surface area contributed by atoms with Crippen LogP contribution in [0, 0.1) is 5.82 Å². The van der Waals surface area contributed by atoms with E-state index in [0.29, 0.717) is 13.1 Å². The van der Waals surface area contributed by atoms with Crippen LogP contribution in [0.3, 0.4) is 0 Å². The molecule has 0 aromatic heterocycles. The molecule has 0 radical (unpaired) electrons. The third-order valence-corrected chi connectivity index (χ3v) is 2.94. The molecule has 0 spiro atoms. The van der Waals surface area contributed by atoms with E-state index in [1.54, 1.807) is 6.07 Å². The lowest BCUT2D eigenvalue weighted by Gasteiger charge is -2.24. The topological polar surface area (TPSA) is 75.8 Å². The number of fused-ring (bicyclic) bond motifs is 1. The van der Waals surface area contributed by atoms with Crippen LogP contribution in [0.1, 0.15) is 5.56 Å². The Hall–Kier alpha value is -1.82. The quantitative estimate of drug-likeness (QED) is 0.827. The van der Waals surface area contributed by atoms with Gasteiger partial charge in [0, 0.05) is 12.2 Å². The summed E-state index contributed by atoms with van der Waals surface area (Å²) in [7, 11) is 0. The molecule has 3 N–H and O–H groups in total. The number of ether oxygens (including phenoxy) is 1. The molecule has 1 aromatic rings. The van der Waals surface area contributed by atoms with Crippen LogP contribution in [-0.2, 0) is 11.2 Å². The van der Waals surface area contributed by atoms with Gasteiger partial charge in [-0.15, -0.1) is 0 Å². The number of aliphatic hydroxyl groups is 1. The van der Waals surface area contributed by atoms with E-state index in [0.717, 1.165) is 17.7 Å². The van der Waals surface area contributed by atoms with Gasteiger partial charge in [-0.05, 0) is 30.2 Å². The molecule has 1 amide bonds. The van der Waals surface area contributed by atoms with E-state index < -0.39 is 12.2 Å². The molecule has 0 saturated carbocycles. The Balaban J connectivity index is 2.06. The van der Waals surface area contributed by atoms with Crippen LogP contribution in [0.2, 0.25) is 0 Å². The number of rotatable bonds is 4. The van der Waals surface area contributed by atoms with Gasteiger partial charge in [-0.1, -0.05) is 0 Å². The third kappa shape index (κ3) is 2.70. The highest BCUT2D eigenvalue weighted by Gasteiger charge is 2.23. The van der Waals surface area contributed by atoms with Crippen molar-refractivity contribution in [3.05, 3.63) is 29.6 Å². The summed E-state index contributed by atoms with van der Waals surface area (Å²) < 4.78 is 17.8. The van der Waals surface area contributed by atoms with Crippen molar-refractivity contribution in [3.63, 3.8) is 0 Å². The van der Waals surface area contributed by atoms with Crippen LogP contribution in [0.25, 0.3) is 0 Å². The molecule has 18 heavy (non-hydrogen) atoms. The van der Waals surface area contributed by atoms with E-state index in [1.165, 1.54) is 12.1 Å². The van der Waals surface area contributed by atoms with Gasteiger partial charge in [-0.2, -0.15) is 0 Å². The molecule has 98 valence electrons. The van der Waals surface area contributed by atoms with Crippen LogP contribution in [-0.4, -0.2) is 37.0 Å². The lowest BCUT2D eigenvalue weighted by molar-refractivity contribution is 0.0676. The number of carbonyl (C=O) groups is 1. The maximum absolute atomic E-state index is 13.0. The molecule has 0 unspecified atom stereocenters. The zero-order valence-corrected chi connectivity index (χ0v) is 9.80. The fourth-order valence-corrected chi connectivity index (χ4v) is 2.17. The molecule has 1 atom stereocenters. The van der Waals surface area contributed by atoms with Crippen LogP contribution < -0.4 is 10.6 Å². The fraction of sp³-hybridized carbons (Fsp3) is 0.417. The summed E-state index contributed by atoms with van der Waals surface area (Å²) in [6.07, 6.45) is -0.840. The number of carbonyl (C=O) groups excluding carboxylic acids is 1. The highest BCUT2D eigenvalue weighted by atomic mass is 19.1. The number of hydrogen-bond donors (Lipinski definition) is 2. The molecule has 6 heteroatoms. The lowest BCUT2D eigenvalue weighted by Crippen LogP contribution is -2.37. The summed E-state index contributed by atoms with van der Waals surface area (Å²) in [6.45, 7) is 0.755. The summed E-state index contributed by atoms with van der Waals surface area (Å²) in [6, 6.07) is 4.58. The van der Waals surface area contributed by atoms with E-state index in [4.69, 9.17) is 15.6 Å². The number of anilines is 1.